The maximum absolute atomic E-state index is 8.52. The molecule has 0 atom stereocenters. The molecule has 1 aromatic carbocycles. The van der Waals surface area contributed by atoms with Crippen LogP contribution in [0.5, 0.6) is 5.75 Å². The molecule has 0 bridgehead atoms. The van der Waals surface area contributed by atoms with Crippen molar-refractivity contribution in [2.75, 3.05) is 6.61 Å². The number of rotatable bonds is 9. The van der Waals surface area contributed by atoms with Crippen molar-refractivity contribution in [3.63, 3.8) is 0 Å². The third-order valence-corrected chi connectivity index (χ3v) is 2.76. The zero-order valence-electron chi connectivity index (χ0n) is 17.7. The van der Waals surface area contributed by atoms with Crippen LogP contribution < -0.4 is 4.74 Å². The third-order valence-electron chi connectivity index (χ3n) is 2.76. The Kier molecular flexibility index (Phi) is 32.2. The monoisotopic (exact) mass is 562 g/mol. The van der Waals surface area contributed by atoms with Crippen LogP contribution in [-0.2, 0) is 31.2 Å². The van der Waals surface area contributed by atoms with E-state index in [9.17, 15) is 0 Å². The average Bonchev–Trinajstić information content (AvgIpc) is 2.54. The summed E-state index contributed by atoms with van der Waals surface area (Å²) in [6.45, 7) is 3.12. The summed E-state index contributed by atoms with van der Waals surface area (Å²) >= 11 is 0. The van der Waals surface area contributed by atoms with Crippen LogP contribution in [0.1, 0.15) is 51.9 Å². The van der Waals surface area contributed by atoms with Crippen molar-refractivity contribution in [3.8, 4) is 5.75 Å². The Morgan fingerprint density at radius 3 is 1.24 bits per heavy atom. The van der Waals surface area contributed by atoms with Crippen LogP contribution in [0, 0.1) is 0 Å². The zero-order chi connectivity index (χ0) is 25.0. The molecule has 0 fully saturated rings. The Morgan fingerprint density at radius 1 is 0.606 bits per heavy atom. The molecule has 0 aliphatic rings. The van der Waals surface area contributed by atoms with Crippen LogP contribution in [0.2, 0.25) is 0 Å². The van der Waals surface area contributed by atoms with Gasteiger partial charge in [0.15, 0.2) is 0 Å². The van der Waals surface area contributed by atoms with Gasteiger partial charge in [0.05, 0.1) is 6.61 Å². The van der Waals surface area contributed by atoms with Gasteiger partial charge in [0.2, 0.25) is 0 Å². The number of ether oxygens (including phenoxy) is 1. The minimum Gasteiger partial charge on any atom is -0.759 e. The van der Waals surface area contributed by atoms with Crippen molar-refractivity contribution < 1.29 is 57.3 Å². The molecule has 1 rings (SSSR count). The van der Waals surface area contributed by atoms with Crippen molar-refractivity contribution in [2.45, 2.75) is 51.9 Å². The van der Waals surface area contributed by atoms with E-state index in [0.29, 0.717) is 0 Å². The summed E-state index contributed by atoms with van der Waals surface area (Å²) in [4.78, 5) is 0. The molecule has 0 heterocycles. The molecule has 33 heavy (non-hydrogen) atoms. The summed E-state index contributed by atoms with van der Waals surface area (Å²) in [5.74, 6) is 0.994. The van der Waals surface area contributed by atoms with E-state index in [-0.39, 0.29) is 34.7 Å². The van der Waals surface area contributed by atoms with E-state index in [1.807, 2.05) is 30.3 Å². The van der Waals surface area contributed by atoms with Crippen LogP contribution in [0.25, 0.3) is 0 Å². The van der Waals surface area contributed by atoms with Gasteiger partial charge in [-0.1, -0.05) is 63.6 Å². The molecule has 18 heteroatoms. The first kappa shape index (κ1) is 42.8. The molecule has 13 nitrogen and oxygen atoms in total. The first-order chi connectivity index (χ1) is 13.9. The van der Waals surface area contributed by atoms with Gasteiger partial charge >= 0.3 is 34.7 Å². The number of benzene rings is 1. The summed E-state index contributed by atoms with van der Waals surface area (Å²) in [6.07, 6.45) is 9.35. The molecule has 0 amide bonds. The number of hydrogen-bond donors (Lipinski definition) is 0. The molecule has 0 aliphatic heterocycles. The van der Waals surface area contributed by atoms with Gasteiger partial charge < -0.3 is 32.1 Å². The summed E-state index contributed by atoms with van der Waals surface area (Å²) in [5.41, 5.74) is 0. The Hall–Kier alpha value is -0.305. The smallest absolute Gasteiger partial charge is 0.759 e. The fraction of sp³-hybridized carbons (Fsp3) is 0.600. The van der Waals surface area contributed by atoms with Crippen LogP contribution in [0.15, 0.2) is 30.3 Å². The fourth-order valence-electron chi connectivity index (χ4n) is 1.77. The van der Waals surface area contributed by atoms with Gasteiger partial charge in [-0.15, -0.1) is 0 Å². The average molecular weight is 563 g/mol. The molecule has 0 radical (unpaired) electrons. The van der Waals surface area contributed by atoms with Gasteiger partial charge in [-0.05, 0) is 18.6 Å². The van der Waals surface area contributed by atoms with Crippen LogP contribution in [-0.4, -0.2) is 93.9 Å². The van der Waals surface area contributed by atoms with E-state index in [1.165, 1.54) is 44.9 Å². The van der Waals surface area contributed by atoms with Gasteiger partial charge in [0, 0.05) is 31.2 Å². The first-order valence-corrected chi connectivity index (χ1v) is 12.6. The molecular weight excluding hydrogens is 538 g/mol. The second-order valence-electron chi connectivity index (χ2n) is 5.51. The molecule has 0 spiro atoms. The van der Waals surface area contributed by atoms with Crippen LogP contribution in [0.4, 0.5) is 0 Å². The van der Waals surface area contributed by atoms with Crippen molar-refractivity contribution in [1.29, 1.82) is 0 Å². The molecule has 1 aromatic rings. The van der Waals surface area contributed by atoms with Crippen LogP contribution >= 0.6 is 0 Å². The predicted molar refractivity (Wildman–Crippen MR) is 113 cm³/mol. The van der Waals surface area contributed by atoms with Gasteiger partial charge in [-0.25, -0.2) is 0 Å². The Balaban J connectivity index is -0.000000128. The molecule has 0 N–H and O–H groups in total. The number of para-hydroxylation sites is 1. The van der Waals surface area contributed by atoms with Crippen molar-refractivity contribution in [2.24, 2.45) is 0 Å². The Bertz CT molecular complexity index is 751. The molecule has 0 saturated carbocycles. The van der Waals surface area contributed by atoms with Gasteiger partial charge in [0.25, 0.3) is 0 Å². The predicted octanol–water partition coefficient (Wildman–Crippen LogP) is 0.0404. The van der Waals surface area contributed by atoms with E-state index in [2.05, 4.69) is 6.92 Å². The maximum Gasteiger partial charge on any atom is 3.00 e. The Morgan fingerprint density at radius 2 is 0.909 bits per heavy atom. The third kappa shape index (κ3) is 89.3. The standard InChI is InChI=1S/C15H24O.2Al.3H2O4S/c1-2-3-4-5-6-7-11-14-16-15-12-9-8-10-13-15;;;3*1-5(2,3)4/h8-10,12-13H,2-7,11,14H2,1H3;;;3*(H2,1,2,3,4)/q;2*+3;;;/p-6. The largest absolute Gasteiger partial charge is 3.00 e. The van der Waals surface area contributed by atoms with Gasteiger partial charge in [0.1, 0.15) is 5.75 Å². The van der Waals surface area contributed by atoms with Crippen molar-refractivity contribution >= 4 is 65.9 Å². The molecular formula is C15H24Al2O13S3. The quantitative estimate of drug-likeness (QED) is 0.167. The minimum absolute atomic E-state index is 0. The molecule has 0 aliphatic carbocycles. The second-order valence-corrected chi connectivity index (χ2v) is 7.96. The van der Waals surface area contributed by atoms with Crippen LogP contribution in [0.3, 0.4) is 0 Å². The van der Waals surface area contributed by atoms with E-state index in [1.54, 1.807) is 0 Å². The van der Waals surface area contributed by atoms with E-state index < -0.39 is 31.2 Å². The zero-order valence-corrected chi connectivity index (χ0v) is 22.5. The SMILES string of the molecule is CCCCCCCCCOc1ccccc1.O=S(=O)([O-])[O-].O=S(=O)([O-])[O-].O=S(=O)([O-])[O-].[Al+3].[Al+3]. The van der Waals surface area contributed by atoms with Gasteiger partial charge in [-0.3, -0.25) is 25.3 Å². The number of hydrogen-bond acceptors (Lipinski definition) is 13. The summed E-state index contributed by atoms with van der Waals surface area (Å²) < 4.78 is 108. The van der Waals surface area contributed by atoms with E-state index in [0.717, 1.165) is 12.4 Å². The normalized spacial score (nSPS) is 10.3. The number of unbranched alkanes of at least 4 members (excludes halogenated alkanes) is 6. The molecule has 0 saturated heterocycles. The van der Waals surface area contributed by atoms with E-state index in [4.69, 9.17) is 57.3 Å². The molecule has 0 unspecified atom stereocenters. The first-order valence-electron chi connectivity index (χ1n) is 8.61. The topological polar surface area (TPSA) is 250 Å². The fourth-order valence-corrected chi connectivity index (χ4v) is 1.77. The summed E-state index contributed by atoms with van der Waals surface area (Å²) in [5, 5.41) is 0. The summed E-state index contributed by atoms with van der Waals surface area (Å²) in [6, 6.07) is 10.1. The second kappa shape index (κ2) is 24.8. The minimum atomic E-state index is -5.17. The maximum atomic E-state index is 8.52. The Labute approximate surface area is 216 Å². The van der Waals surface area contributed by atoms with E-state index >= 15 is 0 Å². The molecule has 186 valence electrons. The van der Waals surface area contributed by atoms with Crippen molar-refractivity contribution in [1.82, 2.24) is 0 Å². The summed E-state index contributed by atoms with van der Waals surface area (Å²) in [7, 11) is -15.5. The van der Waals surface area contributed by atoms with Gasteiger partial charge in [-0.2, -0.15) is 0 Å². The van der Waals surface area contributed by atoms with Crippen molar-refractivity contribution in [3.05, 3.63) is 30.3 Å². The molecule has 0 aromatic heterocycles.